The van der Waals surface area contributed by atoms with Crippen LogP contribution in [-0.4, -0.2) is 148 Å². The first kappa shape index (κ1) is 58.6. The molecule has 25 nitrogen and oxygen atoms in total. The van der Waals surface area contributed by atoms with Gasteiger partial charge in [0.15, 0.2) is 0 Å². The predicted molar refractivity (Wildman–Crippen MR) is 248 cm³/mol. The lowest BCUT2D eigenvalue weighted by Crippen LogP contribution is -2.46. The number of hydrogen-bond donors (Lipinski definition) is 12. The summed E-state index contributed by atoms with van der Waals surface area (Å²) >= 11 is 0. The predicted octanol–water partition coefficient (Wildman–Crippen LogP) is 0.0530. The maximum absolute atomic E-state index is 12.7. The second-order valence-electron chi connectivity index (χ2n) is 18.2. The largest absolute Gasteiger partial charge is 0.469 e. The van der Waals surface area contributed by atoms with E-state index >= 15 is 0 Å². The highest BCUT2D eigenvalue weighted by atomic mass is 31.2. The summed E-state index contributed by atoms with van der Waals surface area (Å²) in [5.74, 6) is -2.64. The first-order valence-electron chi connectivity index (χ1n) is 22.4. The van der Waals surface area contributed by atoms with E-state index in [0.29, 0.717) is 19.3 Å². The number of phosphoric ester groups is 2. The van der Waals surface area contributed by atoms with Crippen LogP contribution in [0.5, 0.6) is 0 Å². The molecule has 1 aliphatic heterocycles. The molecule has 1 aromatic carbocycles. The fourth-order valence-electron chi connectivity index (χ4n) is 7.32. The van der Waals surface area contributed by atoms with E-state index in [4.69, 9.17) is 24.3 Å². The minimum absolute atomic E-state index is 0.0101. The summed E-state index contributed by atoms with van der Waals surface area (Å²) in [6.07, 6.45) is -0.987. The van der Waals surface area contributed by atoms with Crippen LogP contribution in [0, 0.1) is 22.7 Å². The van der Waals surface area contributed by atoms with E-state index in [1.54, 1.807) is 0 Å². The molecule has 1 aliphatic carbocycles. The summed E-state index contributed by atoms with van der Waals surface area (Å²) in [5.41, 5.74) is 0.682. The smallest absolute Gasteiger partial charge is 0.446 e. The van der Waals surface area contributed by atoms with E-state index < -0.39 is 81.6 Å². The fraction of sp³-hybridized carbons (Fsp3) is 0.667. The Balaban J connectivity index is 1.36. The summed E-state index contributed by atoms with van der Waals surface area (Å²) < 4.78 is 36.5. The van der Waals surface area contributed by atoms with Crippen molar-refractivity contribution in [3.05, 3.63) is 35.4 Å². The zero-order valence-electron chi connectivity index (χ0n) is 39.5. The monoisotopic (exact) mass is 1020 g/mol. The number of rotatable bonds is 26. The zero-order chi connectivity index (χ0) is 51.6. The van der Waals surface area contributed by atoms with Crippen molar-refractivity contribution in [2.24, 2.45) is 32.9 Å². The van der Waals surface area contributed by atoms with Gasteiger partial charge in [-0.1, -0.05) is 52.0 Å². The second-order valence-corrected chi connectivity index (χ2v) is 20.7. The Morgan fingerprint density at radius 2 is 1.12 bits per heavy atom. The van der Waals surface area contributed by atoms with Gasteiger partial charge < -0.3 is 66.4 Å². The van der Waals surface area contributed by atoms with Crippen LogP contribution >= 0.6 is 15.6 Å². The van der Waals surface area contributed by atoms with Crippen LogP contribution in [0.4, 0.5) is 4.79 Å². The van der Waals surface area contributed by atoms with Crippen molar-refractivity contribution in [2.45, 2.75) is 104 Å². The Morgan fingerprint density at radius 3 is 1.61 bits per heavy atom. The Bertz CT molecular complexity index is 2090. The van der Waals surface area contributed by atoms with Crippen molar-refractivity contribution in [3.8, 4) is 0 Å². The number of carbonyl (C=O) groups excluding carboxylic acids is 6. The van der Waals surface area contributed by atoms with E-state index in [-0.39, 0.29) is 82.4 Å². The van der Waals surface area contributed by atoms with Crippen LogP contribution in [0.3, 0.4) is 0 Å². The Kier molecular flexibility index (Phi) is 23.0. The van der Waals surface area contributed by atoms with Gasteiger partial charge in [0.1, 0.15) is 18.3 Å². The molecule has 0 spiro atoms. The lowest BCUT2D eigenvalue weighted by molar-refractivity contribution is -0.137. The number of benzene rings is 1. The molecule has 6 amide bonds. The SMILES string of the molecule is CC1=NN=C(c2ccc(CC(=O)NCCNC(=O)CCNC(=O)[C@H](O)C(C)(C)COP(=O)(O)O)cc2)C2CC[C@@H](OC(=O)NCCNC(=O)CCNC(=O)[C@H](O)C(C)(C)COP(=O)(O)O)CCC[C@@H]12. The molecule has 3 rings (SSSR count). The molecular weight excluding hydrogens is 950 g/mol. The number of aliphatic hydroxyl groups is 2. The topological polar surface area (TPSA) is 383 Å². The van der Waals surface area contributed by atoms with Gasteiger partial charge in [-0.05, 0) is 50.2 Å². The quantitative estimate of drug-likeness (QED) is 0.0431. The van der Waals surface area contributed by atoms with E-state index in [0.717, 1.165) is 35.4 Å². The molecule has 0 saturated heterocycles. The maximum Gasteiger partial charge on any atom is 0.469 e. The van der Waals surface area contributed by atoms with Crippen molar-refractivity contribution in [2.75, 3.05) is 52.5 Å². The van der Waals surface area contributed by atoms with Crippen LogP contribution in [0.2, 0.25) is 0 Å². The highest BCUT2D eigenvalue weighted by Gasteiger charge is 2.38. The molecule has 1 fully saturated rings. The maximum atomic E-state index is 12.7. The summed E-state index contributed by atoms with van der Waals surface area (Å²) in [6, 6.07) is 7.45. The first-order valence-corrected chi connectivity index (χ1v) is 25.5. The molecule has 69 heavy (non-hydrogen) atoms. The molecule has 27 heteroatoms. The number of alkyl carbamates (subject to hydrolysis) is 1. The molecule has 0 radical (unpaired) electrons. The number of carbonyl (C=O) groups is 6. The van der Waals surface area contributed by atoms with Gasteiger partial charge in [-0.2, -0.15) is 10.2 Å². The number of aliphatic hydroxyl groups excluding tert-OH is 2. The third-order valence-corrected chi connectivity index (χ3v) is 12.3. The summed E-state index contributed by atoms with van der Waals surface area (Å²) in [5, 5.41) is 45.0. The number of nitrogens with zero attached hydrogens (tertiary/aromatic N) is 2. The van der Waals surface area contributed by atoms with E-state index in [9.17, 15) is 48.1 Å². The molecule has 5 atom stereocenters. The zero-order valence-corrected chi connectivity index (χ0v) is 41.3. The van der Waals surface area contributed by atoms with Crippen molar-refractivity contribution in [1.29, 1.82) is 0 Å². The molecule has 0 aromatic heterocycles. The van der Waals surface area contributed by atoms with Crippen LogP contribution in [-0.2, 0) is 53.3 Å². The van der Waals surface area contributed by atoms with Gasteiger partial charge in [0.25, 0.3) is 0 Å². The third-order valence-electron chi connectivity index (χ3n) is 11.4. The molecule has 1 unspecified atom stereocenters. The Labute approximate surface area is 400 Å². The molecule has 1 heterocycles. The number of phosphoric acid groups is 2. The van der Waals surface area contributed by atoms with E-state index in [1.165, 1.54) is 27.7 Å². The van der Waals surface area contributed by atoms with Crippen LogP contribution < -0.4 is 31.9 Å². The fourth-order valence-corrected chi connectivity index (χ4v) is 8.32. The summed E-state index contributed by atoms with van der Waals surface area (Å²) in [6.45, 7) is 6.54. The van der Waals surface area contributed by atoms with E-state index in [2.05, 4.69) is 51.2 Å². The Morgan fingerprint density at radius 1 is 0.638 bits per heavy atom. The van der Waals surface area contributed by atoms with Crippen LogP contribution in [0.25, 0.3) is 0 Å². The van der Waals surface area contributed by atoms with Crippen molar-refractivity contribution in [3.63, 3.8) is 0 Å². The second kappa shape index (κ2) is 27.1. The number of ether oxygens (including phenoxy) is 1. The minimum Gasteiger partial charge on any atom is -0.446 e. The third kappa shape index (κ3) is 21.5. The lowest BCUT2D eigenvalue weighted by atomic mass is 9.74. The average molecular weight is 1020 g/mol. The molecule has 2 aliphatic rings. The summed E-state index contributed by atoms with van der Waals surface area (Å²) in [4.78, 5) is 110. The van der Waals surface area contributed by atoms with Crippen molar-refractivity contribution >= 4 is 62.7 Å². The van der Waals surface area contributed by atoms with E-state index in [1.807, 2.05) is 31.2 Å². The van der Waals surface area contributed by atoms with Crippen LogP contribution in [0.15, 0.2) is 34.5 Å². The van der Waals surface area contributed by atoms with Gasteiger partial charge in [0, 0.05) is 80.5 Å². The van der Waals surface area contributed by atoms with Gasteiger partial charge in [-0.25, -0.2) is 13.9 Å². The van der Waals surface area contributed by atoms with Gasteiger partial charge in [0.2, 0.25) is 29.5 Å². The molecule has 0 bridgehead atoms. The van der Waals surface area contributed by atoms with Gasteiger partial charge in [-0.3, -0.25) is 33.0 Å². The number of amides is 6. The normalized spacial score (nSPS) is 18.6. The number of hydrogen-bond acceptors (Lipinski definition) is 15. The van der Waals surface area contributed by atoms with Gasteiger partial charge in [-0.15, -0.1) is 0 Å². The van der Waals surface area contributed by atoms with Crippen LogP contribution in [0.1, 0.15) is 90.7 Å². The molecule has 1 aromatic rings. The van der Waals surface area contributed by atoms with Crippen molar-refractivity contribution in [1.82, 2.24) is 31.9 Å². The Hall–Kier alpha value is -4.68. The highest BCUT2D eigenvalue weighted by Crippen LogP contribution is 2.40. The lowest BCUT2D eigenvalue weighted by Gasteiger charge is -2.34. The standard InChI is InChI=1S/C42H68N8O17P2/c1-26-30-8-6-7-29(67-40(58)48-22-21-44-33(52)16-18-47-39(57)37(55)42(4,5)25-66-69(62,63)64)13-14-31(30)35(50-49-26)28-11-9-27(10-12-28)23-34(53)45-20-19-43-32(51)15-17-46-38(56)36(54)41(2,3)24-65-68(59,60)61/h9-12,29-31,36-37,54-55H,6-8,13-25H2,1-5H3,(H,43,51)(H,44,52)(H,45,53)(H,46,56)(H,47,57)(H,48,58)(H2,59,60,61)(H2,62,63,64)/t29-,30-,31?,36-,37-/m0/s1. The number of nitrogens with one attached hydrogen (secondary N) is 6. The molecule has 388 valence electrons. The molecule has 1 saturated carbocycles. The average Bonchev–Trinajstić information content (AvgIpc) is 3.26. The highest BCUT2D eigenvalue weighted by molar-refractivity contribution is 7.46. The summed E-state index contributed by atoms with van der Waals surface area (Å²) in [7, 11) is -9.60. The van der Waals surface area contributed by atoms with Gasteiger partial charge >= 0.3 is 21.7 Å². The first-order chi connectivity index (χ1) is 32.2. The van der Waals surface area contributed by atoms with Gasteiger partial charge in [0.05, 0.1) is 25.3 Å². The van der Waals surface area contributed by atoms with Crippen molar-refractivity contribution < 1.29 is 81.5 Å². The molecule has 12 N–H and O–H groups in total. The molecular formula is C42H68N8O17P2. The minimum atomic E-state index is -4.80. The number of fused-ring (bicyclic) bond motifs is 1.